The Bertz CT molecular complexity index is 1060. The zero-order valence-corrected chi connectivity index (χ0v) is 17.8. The second kappa shape index (κ2) is 7.97. The number of benzene rings is 2. The van der Waals surface area contributed by atoms with E-state index in [1.54, 1.807) is 0 Å². The summed E-state index contributed by atoms with van der Waals surface area (Å²) in [6.45, 7) is 1.71. The summed E-state index contributed by atoms with van der Waals surface area (Å²) < 4.78 is 6.45. The van der Waals surface area contributed by atoms with Gasteiger partial charge in [-0.15, -0.1) is 0 Å². The Balaban J connectivity index is 1.27. The first kappa shape index (κ1) is 17.8. The average Bonchev–Trinajstić information content (AvgIpc) is 3.16. The molecular formula is C20H20N2O2Se2. The van der Waals surface area contributed by atoms with E-state index in [1.807, 2.05) is 43.5 Å². The van der Waals surface area contributed by atoms with Crippen LogP contribution in [0, 0.1) is 0 Å². The number of nitrogens with zero attached hydrogens (tertiary/aromatic N) is 2. The number of hydrogen-bond acceptors (Lipinski definition) is 2. The molecule has 0 atom stereocenters. The first-order chi connectivity index (χ1) is 12.7. The summed E-state index contributed by atoms with van der Waals surface area (Å²) in [4.78, 5) is 24.7. The molecule has 2 heterocycles. The van der Waals surface area contributed by atoms with E-state index in [2.05, 4.69) is 12.1 Å². The molecule has 0 radical (unpaired) electrons. The normalized spacial score (nSPS) is 11.5. The minimum atomic E-state index is 0.143. The van der Waals surface area contributed by atoms with Gasteiger partial charge in [-0.05, 0) is 0 Å². The van der Waals surface area contributed by atoms with Crippen molar-refractivity contribution >= 4 is 48.8 Å². The third-order valence-corrected chi connectivity index (χ3v) is 9.28. The molecule has 0 N–H and O–H groups in total. The van der Waals surface area contributed by atoms with Gasteiger partial charge in [-0.3, -0.25) is 0 Å². The van der Waals surface area contributed by atoms with Gasteiger partial charge in [0.1, 0.15) is 0 Å². The van der Waals surface area contributed by atoms with Crippen molar-refractivity contribution in [2.75, 3.05) is 0 Å². The maximum atomic E-state index is 12.3. The van der Waals surface area contributed by atoms with Gasteiger partial charge in [0.25, 0.3) is 0 Å². The zero-order chi connectivity index (χ0) is 17.9. The fraction of sp³-hybridized carbons (Fsp3) is 0.300. The van der Waals surface area contributed by atoms with Crippen LogP contribution in [-0.2, 0) is 13.1 Å². The van der Waals surface area contributed by atoms with Crippen molar-refractivity contribution in [3.63, 3.8) is 0 Å². The molecule has 4 aromatic rings. The van der Waals surface area contributed by atoms with Crippen LogP contribution in [-0.4, -0.2) is 36.6 Å². The molecule has 2 aromatic heterocycles. The standard InChI is InChI=1S/C20H20N2O2Se2/c23-19-15-9-3-5-11-17(15)25-21(19)13-7-1-2-8-14-22-20(24)16-10-4-6-12-18(16)26-22/h3-6,9-12H,1-2,7-8,13-14H2. The van der Waals surface area contributed by atoms with Gasteiger partial charge in [-0.1, -0.05) is 0 Å². The van der Waals surface area contributed by atoms with Gasteiger partial charge in [0, 0.05) is 0 Å². The minimum absolute atomic E-state index is 0.143. The number of aryl methyl sites for hydroxylation is 2. The van der Waals surface area contributed by atoms with Crippen molar-refractivity contribution in [1.82, 2.24) is 7.12 Å². The molecule has 4 nitrogen and oxygen atoms in total. The first-order valence-electron chi connectivity index (χ1n) is 8.92. The number of hydrogen-bond donors (Lipinski definition) is 0. The van der Waals surface area contributed by atoms with Crippen molar-refractivity contribution < 1.29 is 0 Å². The molecule has 26 heavy (non-hydrogen) atoms. The van der Waals surface area contributed by atoms with E-state index in [0.29, 0.717) is 0 Å². The summed E-state index contributed by atoms with van der Waals surface area (Å²) in [7, 11) is 0. The van der Waals surface area contributed by atoms with Crippen LogP contribution in [0.25, 0.3) is 19.3 Å². The fourth-order valence-electron chi connectivity index (χ4n) is 3.19. The molecule has 0 unspecified atom stereocenters. The SMILES string of the molecule is O=c1c2ccccc2[se]n1CCCCCCn1[se]c2ccccc2c1=O. The van der Waals surface area contributed by atoms with Gasteiger partial charge >= 0.3 is 164 Å². The van der Waals surface area contributed by atoms with E-state index in [4.69, 9.17) is 0 Å². The molecule has 0 aliphatic carbocycles. The second-order valence-corrected chi connectivity index (χ2v) is 10.9. The van der Waals surface area contributed by atoms with E-state index in [0.717, 1.165) is 49.5 Å². The second-order valence-electron chi connectivity index (χ2n) is 6.40. The van der Waals surface area contributed by atoms with Gasteiger partial charge in [0.2, 0.25) is 0 Å². The molecule has 0 aliphatic rings. The molecule has 0 fully saturated rings. The van der Waals surface area contributed by atoms with Crippen LogP contribution in [0.3, 0.4) is 0 Å². The maximum absolute atomic E-state index is 12.3. The van der Waals surface area contributed by atoms with Crippen LogP contribution in [0.5, 0.6) is 0 Å². The van der Waals surface area contributed by atoms with Crippen LogP contribution >= 0.6 is 0 Å². The average molecular weight is 478 g/mol. The first-order valence-corrected chi connectivity index (χ1v) is 12.2. The molecule has 2 aromatic carbocycles. The number of unbranched alkanes of at least 4 members (excludes halogenated alkanes) is 3. The van der Waals surface area contributed by atoms with Gasteiger partial charge in [-0.2, -0.15) is 0 Å². The predicted molar refractivity (Wildman–Crippen MR) is 109 cm³/mol. The van der Waals surface area contributed by atoms with Crippen LogP contribution in [0.2, 0.25) is 0 Å². The quantitative estimate of drug-likeness (QED) is 0.303. The van der Waals surface area contributed by atoms with Gasteiger partial charge < -0.3 is 0 Å². The van der Waals surface area contributed by atoms with Crippen molar-refractivity contribution in [3.05, 3.63) is 69.2 Å². The van der Waals surface area contributed by atoms with Crippen LogP contribution in [0.15, 0.2) is 58.1 Å². The summed E-state index contributed by atoms with van der Waals surface area (Å²) in [5, 5.41) is 1.78. The monoisotopic (exact) mass is 480 g/mol. The van der Waals surface area contributed by atoms with Crippen LogP contribution in [0.1, 0.15) is 25.7 Å². The van der Waals surface area contributed by atoms with Crippen LogP contribution < -0.4 is 11.1 Å². The van der Waals surface area contributed by atoms with E-state index in [1.165, 1.54) is 8.52 Å². The predicted octanol–water partition coefficient (Wildman–Crippen LogP) is 2.69. The Morgan fingerprint density at radius 3 is 1.46 bits per heavy atom. The molecule has 0 bridgehead atoms. The molecule has 6 heteroatoms. The Hall–Kier alpha value is -1.58. The van der Waals surface area contributed by atoms with Gasteiger partial charge in [-0.25, -0.2) is 0 Å². The van der Waals surface area contributed by atoms with Gasteiger partial charge in [0.05, 0.1) is 0 Å². The van der Waals surface area contributed by atoms with Crippen molar-refractivity contribution in [3.8, 4) is 0 Å². The third-order valence-electron chi connectivity index (χ3n) is 4.58. The Labute approximate surface area is 163 Å². The molecule has 0 aliphatic heterocycles. The number of aromatic nitrogens is 2. The van der Waals surface area contributed by atoms with E-state index < -0.39 is 0 Å². The summed E-state index contributed by atoms with van der Waals surface area (Å²) in [6.07, 6.45) is 4.30. The van der Waals surface area contributed by atoms with Crippen LogP contribution in [0.4, 0.5) is 0 Å². The molecule has 4 rings (SSSR count). The molecular weight excluding hydrogens is 458 g/mol. The number of rotatable bonds is 7. The van der Waals surface area contributed by atoms with E-state index >= 15 is 0 Å². The molecule has 0 amide bonds. The van der Waals surface area contributed by atoms with Crippen molar-refractivity contribution in [2.45, 2.75) is 38.8 Å². The van der Waals surface area contributed by atoms with Crippen molar-refractivity contribution in [2.24, 2.45) is 0 Å². The summed E-state index contributed by atoms with van der Waals surface area (Å²) >= 11 is 0.286. The third kappa shape index (κ3) is 3.60. The molecule has 0 saturated heterocycles. The molecule has 0 saturated carbocycles. The number of fused-ring (bicyclic) bond motifs is 2. The summed E-state index contributed by atoms with van der Waals surface area (Å²) in [5.74, 6) is 0. The fourth-order valence-corrected chi connectivity index (χ4v) is 7.52. The van der Waals surface area contributed by atoms with Crippen molar-refractivity contribution in [1.29, 1.82) is 0 Å². The Morgan fingerprint density at radius 2 is 1.04 bits per heavy atom. The van der Waals surface area contributed by atoms with Gasteiger partial charge in [0.15, 0.2) is 0 Å². The summed E-state index contributed by atoms with van der Waals surface area (Å²) in [6, 6.07) is 15.9. The molecule has 0 spiro atoms. The Morgan fingerprint density at radius 1 is 0.615 bits per heavy atom. The molecule has 134 valence electrons. The van der Waals surface area contributed by atoms with E-state index in [-0.39, 0.29) is 40.6 Å². The summed E-state index contributed by atoms with van der Waals surface area (Å²) in [5.41, 5.74) is 0.396. The Kier molecular flexibility index (Phi) is 5.46. The van der Waals surface area contributed by atoms with E-state index in [9.17, 15) is 9.59 Å². The topological polar surface area (TPSA) is 44.0 Å². The zero-order valence-electron chi connectivity index (χ0n) is 14.4.